The molecule has 1 aliphatic rings. The lowest BCUT2D eigenvalue weighted by molar-refractivity contribution is -0.114. The SMILES string of the molecule is CC1(C)C(Br)CC1OCC(F)F. The Kier molecular flexibility index (Phi) is 3.10. The van der Waals surface area contributed by atoms with Crippen LogP contribution in [0.4, 0.5) is 8.78 Å². The van der Waals surface area contributed by atoms with Crippen molar-refractivity contribution in [1.29, 1.82) is 0 Å². The van der Waals surface area contributed by atoms with Gasteiger partial charge in [-0.25, -0.2) is 8.78 Å². The molecule has 2 atom stereocenters. The van der Waals surface area contributed by atoms with Crippen molar-refractivity contribution in [3.63, 3.8) is 0 Å². The van der Waals surface area contributed by atoms with E-state index in [9.17, 15) is 8.78 Å². The highest BCUT2D eigenvalue weighted by Gasteiger charge is 2.47. The maximum absolute atomic E-state index is 11.8. The van der Waals surface area contributed by atoms with Gasteiger partial charge >= 0.3 is 0 Å². The Bertz CT molecular complexity index is 161. The van der Waals surface area contributed by atoms with Gasteiger partial charge in [-0.1, -0.05) is 29.8 Å². The van der Waals surface area contributed by atoms with Crippen LogP contribution in [0.1, 0.15) is 20.3 Å². The van der Waals surface area contributed by atoms with Crippen LogP contribution in [0.2, 0.25) is 0 Å². The van der Waals surface area contributed by atoms with Gasteiger partial charge in [0, 0.05) is 10.2 Å². The molecule has 0 aromatic carbocycles. The van der Waals surface area contributed by atoms with Gasteiger partial charge in [-0.15, -0.1) is 0 Å². The Morgan fingerprint density at radius 2 is 2.17 bits per heavy atom. The average molecular weight is 243 g/mol. The van der Waals surface area contributed by atoms with Crippen LogP contribution in [-0.2, 0) is 4.74 Å². The summed E-state index contributed by atoms with van der Waals surface area (Å²) in [6, 6.07) is 0. The minimum atomic E-state index is -2.35. The second kappa shape index (κ2) is 3.58. The van der Waals surface area contributed by atoms with Gasteiger partial charge in [-0.2, -0.15) is 0 Å². The number of halogens is 3. The molecule has 1 nitrogen and oxygen atoms in total. The molecule has 72 valence electrons. The Labute approximate surface area is 79.6 Å². The van der Waals surface area contributed by atoms with Gasteiger partial charge in [-0.3, -0.25) is 0 Å². The standard InChI is InChI=1S/C8H13BrF2O/c1-8(2)5(9)3-6(8)12-4-7(10)11/h5-7H,3-4H2,1-2H3. The fourth-order valence-electron chi connectivity index (χ4n) is 1.31. The van der Waals surface area contributed by atoms with E-state index in [0.29, 0.717) is 4.83 Å². The van der Waals surface area contributed by atoms with E-state index < -0.39 is 13.0 Å². The molecule has 0 bridgehead atoms. The lowest BCUT2D eigenvalue weighted by Crippen LogP contribution is -2.51. The third kappa shape index (κ3) is 1.96. The second-order valence-corrected chi connectivity index (χ2v) is 4.84. The van der Waals surface area contributed by atoms with Crippen LogP contribution in [0.25, 0.3) is 0 Å². The lowest BCUT2D eigenvalue weighted by atomic mass is 9.69. The van der Waals surface area contributed by atoms with E-state index >= 15 is 0 Å². The van der Waals surface area contributed by atoms with Crippen molar-refractivity contribution in [3.8, 4) is 0 Å². The number of hydrogen-bond donors (Lipinski definition) is 0. The second-order valence-electron chi connectivity index (χ2n) is 3.74. The van der Waals surface area contributed by atoms with Gasteiger partial charge in [-0.05, 0) is 6.42 Å². The Morgan fingerprint density at radius 1 is 1.58 bits per heavy atom. The molecule has 0 saturated heterocycles. The molecule has 0 radical (unpaired) electrons. The first-order valence-corrected chi connectivity index (χ1v) is 4.90. The summed E-state index contributed by atoms with van der Waals surface area (Å²) in [5.41, 5.74) is -0.00507. The van der Waals surface area contributed by atoms with Crippen LogP contribution in [0.5, 0.6) is 0 Å². The van der Waals surface area contributed by atoms with Crippen molar-refractivity contribution in [2.24, 2.45) is 5.41 Å². The van der Waals surface area contributed by atoms with E-state index in [2.05, 4.69) is 15.9 Å². The molecular weight excluding hydrogens is 230 g/mol. The minimum absolute atomic E-state index is 0.00507. The number of ether oxygens (including phenoxy) is 1. The molecule has 1 aliphatic carbocycles. The van der Waals surface area contributed by atoms with Gasteiger partial charge in [0.1, 0.15) is 6.61 Å². The van der Waals surface area contributed by atoms with Crippen LogP contribution in [-0.4, -0.2) is 24.0 Å². The van der Waals surface area contributed by atoms with Crippen molar-refractivity contribution in [1.82, 2.24) is 0 Å². The van der Waals surface area contributed by atoms with Gasteiger partial charge in [0.15, 0.2) is 0 Å². The lowest BCUT2D eigenvalue weighted by Gasteiger charge is -2.48. The van der Waals surface area contributed by atoms with E-state index in [1.807, 2.05) is 13.8 Å². The summed E-state index contributed by atoms with van der Waals surface area (Å²) in [6.45, 7) is 3.60. The smallest absolute Gasteiger partial charge is 0.261 e. The first-order chi connectivity index (χ1) is 5.44. The molecule has 0 N–H and O–H groups in total. The van der Waals surface area contributed by atoms with Crippen LogP contribution in [0.3, 0.4) is 0 Å². The third-order valence-electron chi connectivity index (χ3n) is 2.48. The summed E-state index contributed by atoms with van der Waals surface area (Å²) in [5, 5.41) is 0. The zero-order valence-corrected chi connectivity index (χ0v) is 8.77. The topological polar surface area (TPSA) is 9.23 Å². The van der Waals surface area contributed by atoms with E-state index in [-0.39, 0.29) is 11.5 Å². The highest BCUT2D eigenvalue weighted by Crippen LogP contribution is 2.47. The zero-order valence-electron chi connectivity index (χ0n) is 7.19. The van der Waals surface area contributed by atoms with Crippen molar-refractivity contribution >= 4 is 15.9 Å². The quantitative estimate of drug-likeness (QED) is 0.692. The number of alkyl halides is 3. The maximum atomic E-state index is 11.8. The summed E-state index contributed by atoms with van der Waals surface area (Å²) in [7, 11) is 0. The van der Waals surface area contributed by atoms with Crippen molar-refractivity contribution < 1.29 is 13.5 Å². The molecule has 12 heavy (non-hydrogen) atoms. The van der Waals surface area contributed by atoms with Crippen molar-refractivity contribution in [2.45, 2.75) is 37.6 Å². The predicted octanol–water partition coefficient (Wildman–Crippen LogP) is 2.83. The monoisotopic (exact) mass is 242 g/mol. The fraction of sp³-hybridized carbons (Fsp3) is 1.00. The molecule has 0 amide bonds. The molecule has 1 fully saturated rings. The van der Waals surface area contributed by atoms with E-state index in [0.717, 1.165) is 6.42 Å². The third-order valence-corrected chi connectivity index (χ3v) is 4.04. The largest absolute Gasteiger partial charge is 0.372 e. The van der Waals surface area contributed by atoms with Gasteiger partial charge in [0.2, 0.25) is 0 Å². The molecule has 1 saturated carbocycles. The van der Waals surface area contributed by atoms with Crippen molar-refractivity contribution in [3.05, 3.63) is 0 Å². The summed E-state index contributed by atoms with van der Waals surface area (Å²) >= 11 is 3.46. The van der Waals surface area contributed by atoms with Crippen molar-refractivity contribution in [2.75, 3.05) is 6.61 Å². The Balaban J connectivity index is 2.28. The number of hydrogen-bond acceptors (Lipinski definition) is 1. The van der Waals surface area contributed by atoms with E-state index in [4.69, 9.17) is 4.74 Å². The van der Waals surface area contributed by atoms with E-state index in [1.165, 1.54) is 0 Å². The van der Waals surface area contributed by atoms with Crippen LogP contribution >= 0.6 is 15.9 Å². The predicted molar refractivity (Wildman–Crippen MR) is 46.9 cm³/mol. The average Bonchev–Trinajstić information content (AvgIpc) is 1.97. The van der Waals surface area contributed by atoms with E-state index in [1.54, 1.807) is 0 Å². The van der Waals surface area contributed by atoms with Crippen LogP contribution < -0.4 is 0 Å². The highest BCUT2D eigenvalue weighted by atomic mass is 79.9. The molecule has 1 rings (SSSR count). The fourth-order valence-corrected chi connectivity index (χ4v) is 1.94. The summed E-state index contributed by atoms with van der Waals surface area (Å²) in [4.78, 5) is 0.396. The molecular formula is C8H13BrF2O. The summed E-state index contributed by atoms with van der Waals surface area (Å²) in [5.74, 6) is 0. The number of rotatable bonds is 3. The molecule has 0 spiro atoms. The molecule has 2 unspecified atom stereocenters. The molecule has 4 heteroatoms. The Hall–Kier alpha value is 0.300. The molecule has 0 aromatic rings. The molecule has 0 heterocycles. The summed E-state index contributed by atoms with van der Waals surface area (Å²) in [6.07, 6.45) is -1.54. The maximum Gasteiger partial charge on any atom is 0.261 e. The molecule has 0 aromatic heterocycles. The Morgan fingerprint density at radius 3 is 2.50 bits per heavy atom. The highest BCUT2D eigenvalue weighted by molar-refractivity contribution is 9.09. The normalized spacial score (nSPS) is 33.5. The molecule has 0 aliphatic heterocycles. The van der Waals surface area contributed by atoms with Crippen LogP contribution in [0, 0.1) is 5.41 Å². The zero-order chi connectivity index (χ0) is 9.35. The first-order valence-electron chi connectivity index (χ1n) is 3.98. The minimum Gasteiger partial charge on any atom is -0.372 e. The summed E-state index contributed by atoms with van der Waals surface area (Å²) < 4.78 is 28.6. The van der Waals surface area contributed by atoms with Gasteiger partial charge in [0.05, 0.1) is 6.10 Å². The van der Waals surface area contributed by atoms with Gasteiger partial charge < -0.3 is 4.74 Å². The first kappa shape index (κ1) is 10.4. The van der Waals surface area contributed by atoms with Gasteiger partial charge in [0.25, 0.3) is 6.43 Å². The van der Waals surface area contributed by atoms with Crippen LogP contribution in [0.15, 0.2) is 0 Å².